The molecule has 1 aromatic carbocycles. The molecule has 0 radical (unpaired) electrons. The number of rotatable bonds is 7. The van der Waals surface area contributed by atoms with Crippen LogP contribution in [-0.2, 0) is 19.1 Å². The Labute approximate surface area is 147 Å². The van der Waals surface area contributed by atoms with Gasteiger partial charge in [-0.05, 0) is 45.0 Å². The highest BCUT2D eigenvalue weighted by Gasteiger charge is 2.15. The predicted molar refractivity (Wildman–Crippen MR) is 94.4 cm³/mol. The van der Waals surface area contributed by atoms with Gasteiger partial charge in [-0.1, -0.05) is 0 Å². The van der Waals surface area contributed by atoms with E-state index in [2.05, 4.69) is 16.0 Å². The second kappa shape index (κ2) is 9.63. The zero-order valence-corrected chi connectivity index (χ0v) is 15.0. The number of methoxy groups -OCH3 is 1. The second-order valence-corrected chi connectivity index (χ2v) is 6.29. The molecule has 0 aliphatic carbocycles. The third-order valence-electron chi connectivity index (χ3n) is 2.75. The normalized spacial score (nSPS) is 10.7. The van der Waals surface area contributed by atoms with Crippen molar-refractivity contribution in [1.29, 1.82) is 0 Å². The minimum absolute atomic E-state index is 0.0247. The van der Waals surface area contributed by atoms with Gasteiger partial charge in [0.25, 0.3) is 0 Å². The number of carbonyl (C=O) groups is 3. The van der Waals surface area contributed by atoms with E-state index in [0.717, 1.165) is 0 Å². The van der Waals surface area contributed by atoms with E-state index in [-0.39, 0.29) is 31.4 Å². The van der Waals surface area contributed by atoms with Crippen LogP contribution in [0.25, 0.3) is 0 Å². The summed E-state index contributed by atoms with van der Waals surface area (Å²) >= 11 is 0. The van der Waals surface area contributed by atoms with Gasteiger partial charge >= 0.3 is 6.09 Å². The number of alkyl carbamates (subject to hydrolysis) is 1. The van der Waals surface area contributed by atoms with Gasteiger partial charge < -0.3 is 25.4 Å². The Hall–Kier alpha value is -2.61. The van der Waals surface area contributed by atoms with Crippen LogP contribution in [0.15, 0.2) is 24.3 Å². The molecule has 3 N–H and O–H groups in total. The lowest BCUT2D eigenvalue weighted by Crippen LogP contribution is -2.34. The van der Waals surface area contributed by atoms with Crippen molar-refractivity contribution in [3.8, 4) is 0 Å². The zero-order chi connectivity index (χ0) is 18.9. The SMILES string of the molecule is COCC(=O)Nc1ccc(NC(=O)CCNC(=O)OC(C)(C)C)cc1. The average Bonchev–Trinajstić information content (AvgIpc) is 2.47. The van der Waals surface area contributed by atoms with E-state index in [1.807, 2.05) is 0 Å². The first-order valence-electron chi connectivity index (χ1n) is 7.85. The van der Waals surface area contributed by atoms with Gasteiger partial charge in [0, 0.05) is 31.5 Å². The van der Waals surface area contributed by atoms with Gasteiger partial charge in [0.05, 0.1) is 0 Å². The van der Waals surface area contributed by atoms with Crippen molar-refractivity contribution in [3.05, 3.63) is 24.3 Å². The highest BCUT2D eigenvalue weighted by atomic mass is 16.6. The monoisotopic (exact) mass is 351 g/mol. The van der Waals surface area contributed by atoms with Crippen molar-refractivity contribution in [2.75, 3.05) is 30.9 Å². The van der Waals surface area contributed by atoms with E-state index in [4.69, 9.17) is 9.47 Å². The van der Waals surface area contributed by atoms with Crippen molar-refractivity contribution in [2.24, 2.45) is 0 Å². The number of amides is 3. The lowest BCUT2D eigenvalue weighted by atomic mass is 10.2. The fraction of sp³-hybridized carbons (Fsp3) is 0.471. The molecule has 0 unspecified atom stereocenters. The predicted octanol–water partition coefficient (Wildman–Crippen LogP) is 2.12. The Bertz CT molecular complexity index is 593. The molecule has 0 aliphatic rings. The van der Waals surface area contributed by atoms with E-state index in [1.54, 1.807) is 45.0 Å². The van der Waals surface area contributed by atoms with Gasteiger partial charge in [-0.25, -0.2) is 4.79 Å². The summed E-state index contributed by atoms with van der Waals surface area (Å²) in [7, 11) is 1.44. The molecule has 138 valence electrons. The summed E-state index contributed by atoms with van der Waals surface area (Å²) in [6.07, 6.45) is -0.442. The number of carbonyl (C=O) groups excluding carboxylic acids is 3. The summed E-state index contributed by atoms with van der Waals surface area (Å²) in [6.45, 7) is 5.44. The molecule has 1 rings (SSSR count). The maximum Gasteiger partial charge on any atom is 0.407 e. The van der Waals surface area contributed by atoms with Crippen molar-refractivity contribution < 1.29 is 23.9 Å². The van der Waals surface area contributed by atoms with Crippen molar-refractivity contribution in [1.82, 2.24) is 5.32 Å². The lowest BCUT2D eigenvalue weighted by Gasteiger charge is -2.19. The van der Waals surface area contributed by atoms with Gasteiger partial charge in [0.2, 0.25) is 11.8 Å². The Morgan fingerprint density at radius 1 is 0.960 bits per heavy atom. The molecular formula is C17H25N3O5. The van der Waals surface area contributed by atoms with E-state index in [0.29, 0.717) is 11.4 Å². The van der Waals surface area contributed by atoms with Crippen molar-refractivity contribution in [3.63, 3.8) is 0 Å². The summed E-state index contributed by atoms with van der Waals surface area (Å²) in [6, 6.07) is 6.67. The molecule has 1 aromatic rings. The average molecular weight is 351 g/mol. The third kappa shape index (κ3) is 9.31. The van der Waals surface area contributed by atoms with Crippen LogP contribution < -0.4 is 16.0 Å². The summed E-state index contributed by atoms with van der Waals surface area (Å²) in [5.41, 5.74) is 0.617. The van der Waals surface area contributed by atoms with Gasteiger partial charge in [-0.15, -0.1) is 0 Å². The smallest absolute Gasteiger partial charge is 0.407 e. The van der Waals surface area contributed by atoms with E-state index >= 15 is 0 Å². The molecule has 0 aliphatic heterocycles. The van der Waals surface area contributed by atoms with Gasteiger partial charge in [-0.3, -0.25) is 9.59 Å². The number of benzene rings is 1. The molecule has 0 fully saturated rings. The first-order chi connectivity index (χ1) is 11.7. The van der Waals surface area contributed by atoms with Gasteiger partial charge in [-0.2, -0.15) is 0 Å². The van der Waals surface area contributed by atoms with E-state index in [9.17, 15) is 14.4 Å². The molecule has 0 bridgehead atoms. The lowest BCUT2D eigenvalue weighted by molar-refractivity contribution is -0.119. The summed E-state index contributed by atoms with van der Waals surface area (Å²) < 4.78 is 9.80. The van der Waals surface area contributed by atoms with Crippen LogP contribution in [0.1, 0.15) is 27.2 Å². The Morgan fingerprint density at radius 2 is 1.48 bits per heavy atom. The molecule has 0 spiro atoms. The number of hydrogen-bond donors (Lipinski definition) is 3. The maximum absolute atomic E-state index is 11.8. The molecule has 0 saturated carbocycles. The third-order valence-corrected chi connectivity index (χ3v) is 2.75. The Morgan fingerprint density at radius 3 is 1.96 bits per heavy atom. The molecular weight excluding hydrogens is 326 g/mol. The largest absolute Gasteiger partial charge is 0.444 e. The van der Waals surface area contributed by atoms with E-state index < -0.39 is 11.7 Å². The van der Waals surface area contributed by atoms with Crippen LogP contribution in [0.5, 0.6) is 0 Å². The number of hydrogen-bond acceptors (Lipinski definition) is 5. The van der Waals surface area contributed by atoms with Crippen molar-refractivity contribution in [2.45, 2.75) is 32.8 Å². The van der Waals surface area contributed by atoms with Crippen LogP contribution in [0, 0.1) is 0 Å². The molecule has 25 heavy (non-hydrogen) atoms. The first-order valence-corrected chi connectivity index (χ1v) is 7.85. The van der Waals surface area contributed by atoms with Crippen LogP contribution in [-0.4, -0.2) is 43.8 Å². The molecule has 0 heterocycles. The molecule has 8 nitrogen and oxygen atoms in total. The van der Waals surface area contributed by atoms with Crippen LogP contribution in [0.3, 0.4) is 0 Å². The zero-order valence-electron chi connectivity index (χ0n) is 15.0. The Balaban J connectivity index is 2.35. The standard InChI is InChI=1S/C17H25N3O5/c1-17(2,3)25-16(23)18-10-9-14(21)19-12-5-7-13(8-6-12)20-15(22)11-24-4/h5-8H,9-11H2,1-4H3,(H,18,23)(H,19,21)(H,20,22). The van der Waals surface area contributed by atoms with Crippen LogP contribution in [0.2, 0.25) is 0 Å². The molecule has 3 amide bonds. The number of ether oxygens (including phenoxy) is 2. The summed E-state index contributed by atoms with van der Waals surface area (Å²) in [5.74, 6) is -0.500. The molecule has 0 aromatic heterocycles. The highest BCUT2D eigenvalue weighted by molar-refractivity contribution is 5.93. The molecule has 0 saturated heterocycles. The maximum atomic E-state index is 11.8. The van der Waals surface area contributed by atoms with E-state index in [1.165, 1.54) is 7.11 Å². The fourth-order valence-corrected chi connectivity index (χ4v) is 1.78. The van der Waals surface area contributed by atoms with Crippen molar-refractivity contribution >= 4 is 29.3 Å². The molecule has 0 atom stereocenters. The topological polar surface area (TPSA) is 106 Å². The fourth-order valence-electron chi connectivity index (χ4n) is 1.78. The van der Waals surface area contributed by atoms with Gasteiger partial charge in [0.1, 0.15) is 12.2 Å². The minimum atomic E-state index is -0.577. The molecule has 8 heteroatoms. The Kier molecular flexibility index (Phi) is 7.87. The summed E-state index contributed by atoms with van der Waals surface area (Å²) in [5, 5.41) is 7.87. The highest BCUT2D eigenvalue weighted by Crippen LogP contribution is 2.13. The minimum Gasteiger partial charge on any atom is -0.444 e. The van der Waals surface area contributed by atoms with Crippen LogP contribution >= 0.6 is 0 Å². The number of nitrogens with one attached hydrogen (secondary N) is 3. The van der Waals surface area contributed by atoms with Crippen LogP contribution in [0.4, 0.5) is 16.2 Å². The number of anilines is 2. The summed E-state index contributed by atoms with van der Waals surface area (Å²) in [4.78, 5) is 34.7. The van der Waals surface area contributed by atoms with Gasteiger partial charge in [0.15, 0.2) is 0 Å². The second-order valence-electron chi connectivity index (χ2n) is 6.29. The quantitative estimate of drug-likeness (QED) is 0.698. The first kappa shape index (κ1) is 20.4.